The molecule has 3 aliphatic rings. The summed E-state index contributed by atoms with van der Waals surface area (Å²) in [5.74, 6) is 1.35. The summed E-state index contributed by atoms with van der Waals surface area (Å²) in [6.45, 7) is 7.08. The zero-order chi connectivity index (χ0) is 20.2. The van der Waals surface area contributed by atoms with Gasteiger partial charge in [0.15, 0.2) is 5.96 Å². The molecule has 0 aromatic heterocycles. The van der Waals surface area contributed by atoms with Crippen molar-refractivity contribution < 1.29 is 13.9 Å². The summed E-state index contributed by atoms with van der Waals surface area (Å²) in [5, 5.41) is 3.54. The fraction of sp³-hybridized carbons (Fsp3) is 0.636. The first-order valence-corrected chi connectivity index (χ1v) is 10.8. The van der Waals surface area contributed by atoms with Gasteiger partial charge in [0, 0.05) is 50.6 Å². The average molecular weight is 530 g/mol. The van der Waals surface area contributed by atoms with Crippen LogP contribution in [-0.2, 0) is 9.53 Å². The lowest BCUT2D eigenvalue weighted by atomic mass is 9.95. The van der Waals surface area contributed by atoms with E-state index < -0.39 is 0 Å². The molecule has 0 bridgehead atoms. The summed E-state index contributed by atoms with van der Waals surface area (Å²) < 4.78 is 19.4. The van der Waals surface area contributed by atoms with Crippen molar-refractivity contribution >= 4 is 35.8 Å². The quantitative estimate of drug-likeness (QED) is 0.370. The van der Waals surface area contributed by atoms with Crippen molar-refractivity contribution in [2.24, 2.45) is 10.9 Å². The van der Waals surface area contributed by atoms with Crippen molar-refractivity contribution in [3.63, 3.8) is 0 Å². The van der Waals surface area contributed by atoms with E-state index in [0.29, 0.717) is 32.8 Å². The Morgan fingerprint density at radius 2 is 1.87 bits per heavy atom. The number of hydrogen-bond donors (Lipinski definition) is 1. The maximum absolute atomic E-state index is 14.1. The number of piperidine rings is 1. The van der Waals surface area contributed by atoms with Gasteiger partial charge in [-0.15, -0.1) is 24.0 Å². The molecule has 4 rings (SSSR count). The van der Waals surface area contributed by atoms with Crippen LogP contribution in [0.1, 0.15) is 37.7 Å². The molecule has 3 fully saturated rings. The number of rotatable bonds is 4. The van der Waals surface area contributed by atoms with E-state index in [1.807, 2.05) is 24.0 Å². The van der Waals surface area contributed by atoms with Crippen molar-refractivity contribution in [1.82, 2.24) is 15.1 Å². The van der Waals surface area contributed by atoms with Crippen LogP contribution in [-0.4, -0.2) is 73.6 Å². The molecule has 1 N–H and O–H groups in total. The van der Waals surface area contributed by atoms with E-state index >= 15 is 0 Å². The number of carbonyl (C=O) groups excluding carboxylic acids is 1. The van der Waals surface area contributed by atoms with Gasteiger partial charge in [0.1, 0.15) is 5.82 Å². The van der Waals surface area contributed by atoms with E-state index in [4.69, 9.17) is 4.74 Å². The van der Waals surface area contributed by atoms with Gasteiger partial charge in [-0.1, -0.05) is 18.2 Å². The molecule has 30 heavy (non-hydrogen) atoms. The van der Waals surface area contributed by atoms with Crippen LogP contribution >= 0.6 is 24.0 Å². The Labute approximate surface area is 195 Å². The van der Waals surface area contributed by atoms with Crippen molar-refractivity contribution in [2.75, 3.05) is 45.9 Å². The lowest BCUT2D eigenvalue weighted by Crippen LogP contribution is -2.50. The fourth-order valence-electron chi connectivity index (χ4n) is 4.41. The Morgan fingerprint density at radius 1 is 1.17 bits per heavy atom. The molecule has 0 spiro atoms. The molecular weight excluding hydrogens is 498 g/mol. The third kappa shape index (κ3) is 5.43. The Bertz CT molecular complexity index is 748. The normalized spacial score (nSPS) is 24.9. The number of ether oxygens (including phenoxy) is 1. The summed E-state index contributed by atoms with van der Waals surface area (Å²) in [5.41, 5.74) is 0.788. The van der Waals surface area contributed by atoms with E-state index in [2.05, 4.69) is 15.2 Å². The van der Waals surface area contributed by atoms with Gasteiger partial charge in [-0.05, 0) is 37.8 Å². The highest BCUT2D eigenvalue weighted by molar-refractivity contribution is 14.0. The maximum Gasteiger partial charge on any atom is 0.225 e. The first-order valence-electron chi connectivity index (χ1n) is 10.8. The van der Waals surface area contributed by atoms with Gasteiger partial charge in [0.2, 0.25) is 5.91 Å². The number of aliphatic imine (C=N–C) groups is 1. The Balaban J connectivity index is 0.00000256. The zero-order valence-electron chi connectivity index (χ0n) is 17.6. The van der Waals surface area contributed by atoms with E-state index in [-0.39, 0.29) is 53.6 Å². The number of amides is 1. The van der Waals surface area contributed by atoms with Crippen LogP contribution in [0.2, 0.25) is 0 Å². The van der Waals surface area contributed by atoms with Crippen LogP contribution in [0, 0.1) is 11.7 Å². The topological polar surface area (TPSA) is 57.2 Å². The van der Waals surface area contributed by atoms with E-state index in [1.165, 1.54) is 6.07 Å². The van der Waals surface area contributed by atoms with Gasteiger partial charge in [-0.2, -0.15) is 0 Å². The van der Waals surface area contributed by atoms with Crippen molar-refractivity contribution in [3.05, 3.63) is 35.6 Å². The highest BCUT2D eigenvalue weighted by atomic mass is 127. The monoisotopic (exact) mass is 530 g/mol. The highest BCUT2D eigenvalue weighted by Gasteiger charge is 2.41. The van der Waals surface area contributed by atoms with Crippen LogP contribution in [0.15, 0.2) is 29.3 Å². The molecular formula is C22H32FIN4O2. The van der Waals surface area contributed by atoms with Gasteiger partial charge in [-0.3, -0.25) is 9.79 Å². The second-order valence-corrected chi connectivity index (χ2v) is 8.11. The third-order valence-corrected chi connectivity index (χ3v) is 6.18. The SMILES string of the molecule is CCN=C(NC1CC1c1ccccc1F)N1CCC(C(=O)N2CCOCC2)CC1.I. The van der Waals surface area contributed by atoms with Gasteiger partial charge >= 0.3 is 0 Å². The fourth-order valence-corrected chi connectivity index (χ4v) is 4.41. The minimum atomic E-state index is -0.127. The van der Waals surface area contributed by atoms with Crippen LogP contribution < -0.4 is 5.32 Å². The van der Waals surface area contributed by atoms with Gasteiger partial charge in [0.05, 0.1) is 13.2 Å². The van der Waals surface area contributed by atoms with Gasteiger partial charge in [0.25, 0.3) is 0 Å². The van der Waals surface area contributed by atoms with Crippen molar-refractivity contribution in [1.29, 1.82) is 0 Å². The Kier molecular flexibility index (Phi) is 8.33. The first-order chi connectivity index (χ1) is 14.2. The number of benzene rings is 1. The maximum atomic E-state index is 14.1. The number of likely N-dealkylation sites (tertiary alicyclic amines) is 1. The van der Waals surface area contributed by atoms with Crippen LogP contribution in [0.4, 0.5) is 4.39 Å². The van der Waals surface area contributed by atoms with Crippen LogP contribution in [0.3, 0.4) is 0 Å². The molecule has 6 nitrogen and oxygen atoms in total. The summed E-state index contributed by atoms with van der Waals surface area (Å²) >= 11 is 0. The molecule has 2 heterocycles. The van der Waals surface area contributed by atoms with E-state index in [1.54, 1.807) is 6.07 Å². The Hall–Kier alpha value is -1.42. The molecule has 1 saturated carbocycles. The summed E-state index contributed by atoms with van der Waals surface area (Å²) in [4.78, 5) is 21.6. The van der Waals surface area contributed by atoms with Gasteiger partial charge in [-0.25, -0.2) is 4.39 Å². The number of guanidine groups is 1. The van der Waals surface area contributed by atoms with Gasteiger partial charge < -0.3 is 19.9 Å². The Morgan fingerprint density at radius 3 is 2.53 bits per heavy atom. The third-order valence-electron chi connectivity index (χ3n) is 6.18. The predicted molar refractivity (Wildman–Crippen MR) is 126 cm³/mol. The smallest absolute Gasteiger partial charge is 0.225 e. The van der Waals surface area contributed by atoms with E-state index in [9.17, 15) is 9.18 Å². The number of carbonyl (C=O) groups is 1. The molecule has 1 aromatic rings. The number of morpholine rings is 1. The molecule has 1 amide bonds. The minimum absolute atomic E-state index is 0. The number of hydrogen-bond acceptors (Lipinski definition) is 3. The van der Waals surface area contributed by atoms with E-state index in [0.717, 1.165) is 43.9 Å². The summed E-state index contributed by atoms with van der Waals surface area (Å²) in [7, 11) is 0. The zero-order valence-corrected chi connectivity index (χ0v) is 19.9. The lowest BCUT2D eigenvalue weighted by molar-refractivity contribution is -0.140. The van der Waals surface area contributed by atoms with Crippen LogP contribution in [0.5, 0.6) is 0 Å². The molecule has 166 valence electrons. The summed E-state index contributed by atoms with van der Waals surface area (Å²) in [6, 6.07) is 7.26. The van der Waals surface area contributed by atoms with Crippen LogP contribution in [0.25, 0.3) is 0 Å². The molecule has 2 atom stereocenters. The largest absolute Gasteiger partial charge is 0.378 e. The minimum Gasteiger partial charge on any atom is -0.378 e. The molecule has 1 aromatic carbocycles. The molecule has 2 saturated heterocycles. The molecule has 2 aliphatic heterocycles. The average Bonchev–Trinajstić information content (AvgIpc) is 3.53. The lowest BCUT2D eigenvalue weighted by Gasteiger charge is -2.37. The highest BCUT2D eigenvalue weighted by Crippen LogP contribution is 2.42. The molecule has 1 aliphatic carbocycles. The van der Waals surface area contributed by atoms with Crippen molar-refractivity contribution in [3.8, 4) is 0 Å². The number of halogens is 2. The second-order valence-electron chi connectivity index (χ2n) is 8.11. The molecule has 2 unspecified atom stereocenters. The number of nitrogens with one attached hydrogen (secondary N) is 1. The van der Waals surface area contributed by atoms with Crippen molar-refractivity contribution in [2.45, 2.75) is 38.1 Å². The summed E-state index contributed by atoms with van der Waals surface area (Å²) in [6.07, 6.45) is 2.62. The number of nitrogens with zero attached hydrogens (tertiary/aromatic N) is 3. The molecule has 8 heteroatoms. The second kappa shape index (κ2) is 10.7. The predicted octanol–water partition coefficient (Wildman–Crippen LogP) is 2.84. The first kappa shape index (κ1) is 23.2. The molecule has 0 radical (unpaired) electrons. The standard InChI is InChI=1S/C22H31FN4O2.HI/c1-2-24-22(25-20-15-18(20)17-5-3-4-6-19(17)23)27-9-7-16(8-10-27)21(28)26-11-13-29-14-12-26;/h3-6,16,18,20H,2,7-15H2,1H3,(H,24,25);1H.